The van der Waals surface area contributed by atoms with E-state index in [0.717, 1.165) is 5.56 Å². The zero-order valence-corrected chi connectivity index (χ0v) is 14.2. The van der Waals surface area contributed by atoms with Gasteiger partial charge in [-0.3, -0.25) is 9.59 Å². The SMILES string of the molecule is C=CCc1ccc(O[Si](C)(OC(C)=O)OC(C)=O)c(OC)c1. The van der Waals surface area contributed by atoms with Crippen molar-refractivity contribution >= 4 is 20.7 Å². The predicted octanol–water partition coefficient (Wildman–Crippen LogP) is 2.50. The molecule has 0 atom stereocenters. The summed E-state index contributed by atoms with van der Waals surface area (Å²) in [5, 5.41) is 0. The minimum atomic E-state index is -3.50. The van der Waals surface area contributed by atoms with Gasteiger partial charge in [-0.05, 0) is 24.1 Å². The molecule has 0 spiro atoms. The Kier molecular flexibility index (Phi) is 6.18. The monoisotopic (exact) mass is 324 g/mol. The van der Waals surface area contributed by atoms with Gasteiger partial charge < -0.3 is 18.0 Å². The van der Waals surface area contributed by atoms with Gasteiger partial charge in [-0.1, -0.05) is 12.1 Å². The topological polar surface area (TPSA) is 71.1 Å². The summed E-state index contributed by atoms with van der Waals surface area (Å²) in [4.78, 5) is 22.4. The van der Waals surface area contributed by atoms with Gasteiger partial charge in [-0.25, -0.2) is 0 Å². The van der Waals surface area contributed by atoms with E-state index in [1.165, 1.54) is 27.5 Å². The zero-order valence-electron chi connectivity index (χ0n) is 13.2. The van der Waals surface area contributed by atoms with Crippen molar-refractivity contribution in [3.8, 4) is 11.5 Å². The molecule has 0 unspecified atom stereocenters. The lowest BCUT2D eigenvalue weighted by Crippen LogP contribution is -2.48. The minimum absolute atomic E-state index is 0.340. The molecular formula is C15H20O6Si. The number of hydrogen-bond acceptors (Lipinski definition) is 6. The summed E-state index contributed by atoms with van der Waals surface area (Å²) >= 11 is 0. The third-order valence-electron chi connectivity index (χ3n) is 2.56. The Morgan fingerprint density at radius 2 is 1.77 bits per heavy atom. The second-order valence-electron chi connectivity index (χ2n) is 4.63. The molecule has 6 nitrogen and oxygen atoms in total. The third kappa shape index (κ3) is 5.25. The molecule has 0 heterocycles. The van der Waals surface area contributed by atoms with Crippen molar-refractivity contribution in [2.75, 3.05) is 7.11 Å². The summed E-state index contributed by atoms with van der Waals surface area (Å²) in [6.07, 6.45) is 2.45. The molecule has 22 heavy (non-hydrogen) atoms. The highest BCUT2D eigenvalue weighted by Gasteiger charge is 2.45. The lowest BCUT2D eigenvalue weighted by atomic mass is 10.1. The van der Waals surface area contributed by atoms with Crippen LogP contribution >= 0.6 is 0 Å². The highest BCUT2D eigenvalue weighted by molar-refractivity contribution is 6.63. The van der Waals surface area contributed by atoms with Crippen LogP contribution in [0.4, 0.5) is 0 Å². The number of benzene rings is 1. The Labute approximate surface area is 131 Å². The van der Waals surface area contributed by atoms with Crippen molar-refractivity contribution in [1.82, 2.24) is 0 Å². The maximum atomic E-state index is 11.2. The third-order valence-corrected chi connectivity index (χ3v) is 4.47. The molecule has 1 rings (SSSR count). The Hall–Kier alpha value is -2.28. The number of carbonyl (C=O) groups is 2. The smallest absolute Gasteiger partial charge is 0.493 e. The molecule has 0 aliphatic rings. The normalized spacial score (nSPS) is 10.5. The number of rotatable bonds is 7. The summed E-state index contributed by atoms with van der Waals surface area (Å²) in [5.41, 5.74) is 0.988. The molecule has 1 aromatic carbocycles. The maximum Gasteiger partial charge on any atom is 0.700 e. The zero-order chi connectivity index (χ0) is 16.8. The highest BCUT2D eigenvalue weighted by atomic mass is 28.4. The van der Waals surface area contributed by atoms with Crippen molar-refractivity contribution in [1.29, 1.82) is 0 Å². The number of carbonyl (C=O) groups excluding carboxylic acids is 2. The van der Waals surface area contributed by atoms with Crippen molar-refractivity contribution in [3.05, 3.63) is 36.4 Å². The molecule has 0 amide bonds. The molecule has 0 saturated carbocycles. The average molecular weight is 324 g/mol. The van der Waals surface area contributed by atoms with Gasteiger partial charge in [0.2, 0.25) is 0 Å². The van der Waals surface area contributed by atoms with E-state index < -0.39 is 20.7 Å². The largest absolute Gasteiger partial charge is 0.700 e. The van der Waals surface area contributed by atoms with Gasteiger partial charge in [0.05, 0.1) is 7.11 Å². The van der Waals surface area contributed by atoms with E-state index in [1.807, 2.05) is 6.07 Å². The number of ether oxygens (including phenoxy) is 1. The first-order valence-corrected chi connectivity index (χ1v) is 8.88. The minimum Gasteiger partial charge on any atom is -0.493 e. The first kappa shape index (κ1) is 17.8. The predicted molar refractivity (Wildman–Crippen MR) is 82.7 cm³/mol. The molecule has 0 bridgehead atoms. The molecule has 1 aromatic rings. The van der Waals surface area contributed by atoms with E-state index in [4.69, 9.17) is 18.0 Å². The number of hydrogen-bond donors (Lipinski definition) is 0. The van der Waals surface area contributed by atoms with Crippen LogP contribution in [0.1, 0.15) is 19.4 Å². The van der Waals surface area contributed by atoms with Gasteiger partial charge in [0.15, 0.2) is 11.5 Å². The van der Waals surface area contributed by atoms with E-state index in [-0.39, 0.29) is 0 Å². The van der Waals surface area contributed by atoms with Crippen LogP contribution in [0.25, 0.3) is 0 Å². The Balaban J connectivity index is 3.08. The fraction of sp³-hybridized carbons (Fsp3) is 0.333. The number of allylic oxidation sites excluding steroid dienone is 1. The van der Waals surface area contributed by atoms with Crippen molar-refractivity contribution in [2.45, 2.75) is 26.8 Å². The molecular weight excluding hydrogens is 304 g/mol. The van der Waals surface area contributed by atoms with E-state index in [9.17, 15) is 9.59 Å². The standard InChI is InChI=1S/C15H20O6Si/c1-6-7-13-8-9-14(15(10-13)18-4)21-22(5,19-11(2)16)20-12(3)17/h6,8-10H,1,7H2,2-5H3. The molecule has 0 aliphatic heterocycles. The molecule has 0 aromatic heterocycles. The first-order chi connectivity index (χ1) is 10.3. The Morgan fingerprint density at radius 3 is 2.23 bits per heavy atom. The van der Waals surface area contributed by atoms with Crippen LogP contribution in [0, 0.1) is 0 Å². The number of methoxy groups -OCH3 is 1. The molecule has 0 saturated heterocycles. The lowest BCUT2D eigenvalue weighted by Gasteiger charge is -2.25. The first-order valence-electron chi connectivity index (χ1n) is 6.65. The summed E-state index contributed by atoms with van der Waals surface area (Å²) in [5.74, 6) is -0.375. The van der Waals surface area contributed by atoms with Gasteiger partial charge in [-0.15, -0.1) is 6.58 Å². The second kappa shape index (κ2) is 7.65. The van der Waals surface area contributed by atoms with Crippen LogP contribution in [-0.2, 0) is 24.9 Å². The van der Waals surface area contributed by atoms with Crippen LogP contribution < -0.4 is 9.16 Å². The Morgan fingerprint density at radius 1 is 1.18 bits per heavy atom. The molecule has 7 heteroatoms. The van der Waals surface area contributed by atoms with Gasteiger partial charge >= 0.3 is 8.80 Å². The lowest BCUT2D eigenvalue weighted by molar-refractivity contribution is -0.141. The Bertz CT molecular complexity index is 553. The fourth-order valence-corrected chi connectivity index (χ4v) is 3.61. The van der Waals surface area contributed by atoms with E-state index in [1.54, 1.807) is 18.2 Å². The average Bonchev–Trinajstić information content (AvgIpc) is 2.38. The molecule has 120 valence electrons. The van der Waals surface area contributed by atoms with Crippen LogP contribution in [-0.4, -0.2) is 27.9 Å². The molecule has 0 aliphatic carbocycles. The van der Waals surface area contributed by atoms with Crippen molar-refractivity contribution in [3.63, 3.8) is 0 Å². The van der Waals surface area contributed by atoms with Gasteiger partial charge in [0, 0.05) is 20.4 Å². The van der Waals surface area contributed by atoms with Crippen molar-refractivity contribution in [2.24, 2.45) is 0 Å². The van der Waals surface area contributed by atoms with Crippen molar-refractivity contribution < 1.29 is 27.6 Å². The van der Waals surface area contributed by atoms with Crippen LogP contribution in [0.3, 0.4) is 0 Å². The summed E-state index contributed by atoms with van der Waals surface area (Å²) in [6, 6.07) is 5.29. The summed E-state index contributed by atoms with van der Waals surface area (Å²) < 4.78 is 21.1. The molecule has 0 radical (unpaired) electrons. The molecule has 0 N–H and O–H groups in total. The highest BCUT2D eigenvalue weighted by Crippen LogP contribution is 2.31. The van der Waals surface area contributed by atoms with Gasteiger partial charge in [-0.2, -0.15) is 0 Å². The van der Waals surface area contributed by atoms with E-state index >= 15 is 0 Å². The summed E-state index contributed by atoms with van der Waals surface area (Å²) in [6.45, 7) is 7.59. The van der Waals surface area contributed by atoms with Gasteiger partial charge in [0.1, 0.15) is 0 Å². The fourth-order valence-electron chi connectivity index (χ4n) is 1.87. The van der Waals surface area contributed by atoms with Crippen LogP contribution in [0.15, 0.2) is 30.9 Å². The van der Waals surface area contributed by atoms with Crippen LogP contribution in [0.5, 0.6) is 11.5 Å². The van der Waals surface area contributed by atoms with E-state index in [0.29, 0.717) is 17.9 Å². The summed E-state index contributed by atoms with van der Waals surface area (Å²) in [7, 11) is -2.00. The van der Waals surface area contributed by atoms with Gasteiger partial charge in [0.25, 0.3) is 11.9 Å². The van der Waals surface area contributed by atoms with Crippen LogP contribution in [0.2, 0.25) is 6.55 Å². The maximum absolute atomic E-state index is 11.2. The van der Waals surface area contributed by atoms with E-state index in [2.05, 4.69) is 6.58 Å². The molecule has 0 fully saturated rings. The second-order valence-corrected chi connectivity index (χ2v) is 6.97. The quantitative estimate of drug-likeness (QED) is 0.567.